The predicted molar refractivity (Wildman–Crippen MR) is 114 cm³/mol. The summed E-state index contributed by atoms with van der Waals surface area (Å²) in [6.07, 6.45) is 1.38. The van der Waals surface area contributed by atoms with Crippen molar-refractivity contribution in [3.05, 3.63) is 70.3 Å². The number of carboxylic acids is 2. The van der Waals surface area contributed by atoms with Crippen LogP contribution in [0.25, 0.3) is 11.3 Å². The first-order valence-electron chi connectivity index (χ1n) is 9.33. The van der Waals surface area contributed by atoms with Crippen molar-refractivity contribution < 1.29 is 24.5 Å². The fourth-order valence-corrected chi connectivity index (χ4v) is 3.51. The zero-order valence-electron chi connectivity index (χ0n) is 16.3. The fraction of sp³-hybridized carbons (Fsp3) is 0.190. The maximum atomic E-state index is 11.9. The average Bonchev–Trinajstić information content (AvgIpc) is 2.76. The molecule has 0 aliphatic rings. The number of unbranched alkanes of at least 4 members (excludes halogenated alkanes) is 1. The molecule has 0 saturated carbocycles. The SMILES string of the molecule is O=C(O)c1cc(OCCCCSc2nc(-c3ccccc3)cc(=O)[nH]2)cc(C(=O)O)n1. The summed E-state index contributed by atoms with van der Waals surface area (Å²) in [5.41, 5.74) is 0.470. The first kappa shape index (κ1) is 22.0. The Morgan fingerprint density at radius 1 is 0.968 bits per heavy atom. The summed E-state index contributed by atoms with van der Waals surface area (Å²) in [4.78, 5) is 44.8. The van der Waals surface area contributed by atoms with Gasteiger partial charge in [-0.05, 0) is 12.8 Å². The van der Waals surface area contributed by atoms with Gasteiger partial charge in [0.1, 0.15) is 5.75 Å². The van der Waals surface area contributed by atoms with Crippen LogP contribution in [0.2, 0.25) is 0 Å². The molecule has 31 heavy (non-hydrogen) atoms. The Morgan fingerprint density at radius 2 is 1.65 bits per heavy atom. The molecule has 2 heterocycles. The number of nitrogens with zero attached hydrogens (tertiary/aromatic N) is 2. The molecular weight excluding hydrogens is 422 g/mol. The maximum absolute atomic E-state index is 11.9. The summed E-state index contributed by atoms with van der Waals surface area (Å²) in [5.74, 6) is -1.84. The third-order valence-corrected chi connectivity index (χ3v) is 5.03. The van der Waals surface area contributed by atoms with Crippen LogP contribution in [-0.2, 0) is 0 Å². The minimum absolute atomic E-state index is 0.138. The van der Waals surface area contributed by atoms with Crippen molar-refractivity contribution in [2.75, 3.05) is 12.4 Å². The molecule has 10 heteroatoms. The molecule has 0 fully saturated rings. The molecule has 0 spiro atoms. The van der Waals surface area contributed by atoms with Crippen LogP contribution in [0.1, 0.15) is 33.8 Å². The molecule has 3 rings (SSSR count). The number of carboxylic acid groups (broad SMARTS) is 2. The number of aromatic amines is 1. The molecule has 3 aromatic rings. The van der Waals surface area contributed by atoms with E-state index in [1.165, 1.54) is 30.0 Å². The van der Waals surface area contributed by atoms with Crippen molar-refractivity contribution in [3.8, 4) is 17.0 Å². The first-order valence-corrected chi connectivity index (χ1v) is 10.3. The van der Waals surface area contributed by atoms with Crippen molar-refractivity contribution in [2.24, 2.45) is 0 Å². The lowest BCUT2D eigenvalue weighted by Crippen LogP contribution is -2.09. The number of H-pyrrole nitrogens is 1. The van der Waals surface area contributed by atoms with Crippen LogP contribution in [-0.4, -0.2) is 49.5 Å². The van der Waals surface area contributed by atoms with Gasteiger partial charge in [-0.1, -0.05) is 42.1 Å². The topological polar surface area (TPSA) is 142 Å². The molecule has 0 atom stereocenters. The Bertz CT molecular complexity index is 1100. The molecule has 0 saturated heterocycles. The summed E-state index contributed by atoms with van der Waals surface area (Å²) in [6.45, 7) is 0.274. The van der Waals surface area contributed by atoms with Gasteiger partial charge >= 0.3 is 11.9 Å². The van der Waals surface area contributed by atoms with Crippen molar-refractivity contribution in [1.29, 1.82) is 0 Å². The maximum Gasteiger partial charge on any atom is 0.354 e. The number of rotatable bonds is 10. The molecule has 0 aliphatic carbocycles. The zero-order valence-corrected chi connectivity index (χ0v) is 17.1. The van der Waals surface area contributed by atoms with E-state index in [0.29, 0.717) is 23.0 Å². The van der Waals surface area contributed by atoms with Gasteiger partial charge in [-0.15, -0.1) is 0 Å². The highest BCUT2D eigenvalue weighted by atomic mass is 32.2. The molecule has 0 aliphatic heterocycles. The molecule has 0 radical (unpaired) electrons. The summed E-state index contributed by atoms with van der Waals surface area (Å²) >= 11 is 1.41. The minimum atomic E-state index is -1.33. The Kier molecular flexibility index (Phi) is 7.39. The highest BCUT2D eigenvalue weighted by Crippen LogP contribution is 2.20. The second kappa shape index (κ2) is 10.4. The van der Waals surface area contributed by atoms with Gasteiger partial charge in [-0.2, -0.15) is 0 Å². The van der Waals surface area contributed by atoms with Crippen LogP contribution in [0.4, 0.5) is 0 Å². The zero-order chi connectivity index (χ0) is 22.2. The molecule has 9 nitrogen and oxygen atoms in total. The smallest absolute Gasteiger partial charge is 0.354 e. The van der Waals surface area contributed by atoms with E-state index >= 15 is 0 Å². The van der Waals surface area contributed by atoms with Crippen LogP contribution in [0.5, 0.6) is 5.75 Å². The first-order chi connectivity index (χ1) is 14.9. The number of carbonyl (C=O) groups is 2. The Labute approximate surface area is 181 Å². The van der Waals surface area contributed by atoms with Crippen molar-refractivity contribution in [3.63, 3.8) is 0 Å². The minimum Gasteiger partial charge on any atom is -0.493 e. The van der Waals surface area contributed by atoms with Gasteiger partial charge in [0.15, 0.2) is 16.5 Å². The number of aromatic carboxylic acids is 2. The van der Waals surface area contributed by atoms with E-state index in [-0.39, 0.29) is 17.9 Å². The van der Waals surface area contributed by atoms with Gasteiger partial charge in [-0.3, -0.25) is 4.79 Å². The van der Waals surface area contributed by atoms with Gasteiger partial charge in [-0.25, -0.2) is 19.6 Å². The largest absolute Gasteiger partial charge is 0.493 e. The summed E-state index contributed by atoms with van der Waals surface area (Å²) in [5, 5.41) is 18.6. The normalized spacial score (nSPS) is 10.6. The molecule has 0 amide bonds. The van der Waals surface area contributed by atoms with E-state index in [2.05, 4.69) is 15.0 Å². The van der Waals surface area contributed by atoms with Gasteiger partial charge in [0, 0.05) is 29.5 Å². The molecule has 160 valence electrons. The van der Waals surface area contributed by atoms with Gasteiger partial charge < -0.3 is 19.9 Å². The van der Waals surface area contributed by atoms with Crippen molar-refractivity contribution in [1.82, 2.24) is 15.0 Å². The van der Waals surface area contributed by atoms with Crippen molar-refractivity contribution >= 4 is 23.7 Å². The number of hydrogen-bond donors (Lipinski definition) is 3. The second-order valence-electron chi connectivity index (χ2n) is 6.39. The van der Waals surface area contributed by atoms with E-state index in [1.54, 1.807) is 0 Å². The summed E-state index contributed by atoms with van der Waals surface area (Å²) in [7, 11) is 0. The van der Waals surface area contributed by atoms with Crippen LogP contribution in [0.3, 0.4) is 0 Å². The molecule has 3 N–H and O–H groups in total. The number of ether oxygens (including phenoxy) is 1. The second-order valence-corrected chi connectivity index (χ2v) is 7.47. The van der Waals surface area contributed by atoms with Crippen LogP contribution >= 0.6 is 11.8 Å². The number of thioether (sulfide) groups is 1. The monoisotopic (exact) mass is 441 g/mol. The molecule has 1 aromatic carbocycles. The predicted octanol–water partition coefficient (Wildman–Crippen LogP) is 3.18. The highest BCUT2D eigenvalue weighted by molar-refractivity contribution is 7.99. The molecule has 0 bridgehead atoms. The number of aromatic nitrogens is 3. The highest BCUT2D eigenvalue weighted by Gasteiger charge is 2.14. The van der Waals surface area contributed by atoms with E-state index in [9.17, 15) is 14.4 Å². The lowest BCUT2D eigenvalue weighted by Gasteiger charge is -2.08. The fourth-order valence-electron chi connectivity index (χ4n) is 2.63. The Balaban J connectivity index is 1.50. The van der Waals surface area contributed by atoms with E-state index in [4.69, 9.17) is 14.9 Å². The lowest BCUT2D eigenvalue weighted by atomic mass is 10.1. The quantitative estimate of drug-likeness (QED) is 0.245. The number of benzene rings is 1. The average molecular weight is 441 g/mol. The van der Waals surface area contributed by atoms with E-state index in [1.807, 2.05) is 30.3 Å². The van der Waals surface area contributed by atoms with Crippen molar-refractivity contribution in [2.45, 2.75) is 18.0 Å². The van der Waals surface area contributed by atoms with E-state index in [0.717, 1.165) is 12.0 Å². The Hall–Kier alpha value is -3.66. The van der Waals surface area contributed by atoms with Gasteiger partial charge in [0.25, 0.3) is 5.56 Å². The lowest BCUT2D eigenvalue weighted by molar-refractivity contribution is 0.0683. The third kappa shape index (κ3) is 6.41. The van der Waals surface area contributed by atoms with E-state index < -0.39 is 23.3 Å². The summed E-state index contributed by atoms with van der Waals surface area (Å²) < 4.78 is 5.49. The summed E-state index contributed by atoms with van der Waals surface area (Å²) in [6, 6.07) is 13.3. The van der Waals surface area contributed by atoms with Crippen LogP contribution in [0, 0.1) is 0 Å². The molecule has 2 aromatic heterocycles. The molecular formula is C21H19N3O6S. The number of hydrogen-bond acceptors (Lipinski definition) is 7. The van der Waals surface area contributed by atoms with Crippen LogP contribution < -0.4 is 10.3 Å². The number of nitrogens with one attached hydrogen (secondary N) is 1. The van der Waals surface area contributed by atoms with Gasteiger partial charge in [0.2, 0.25) is 0 Å². The standard InChI is InChI=1S/C21H19N3O6S/c25-18-12-15(13-6-2-1-3-7-13)23-21(24-18)31-9-5-4-8-30-14-10-16(19(26)27)22-17(11-14)20(28)29/h1-3,6-7,10-12H,4-5,8-9H2,(H,26,27)(H,28,29)(H,23,24,25). The molecule has 0 unspecified atom stereocenters. The third-order valence-electron chi connectivity index (χ3n) is 4.07. The number of pyridine rings is 1. The van der Waals surface area contributed by atoms with Gasteiger partial charge in [0.05, 0.1) is 12.3 Å². The Morgan fingerprint density at radius 3 is 2.29 bits per heavy atom. The van der Waals surface area contributed by atoms with Crippen LogP contribution in [0.15, 0.2) is 58.5 Å².